The van der Waals surface area contributed by atoms with Crippen LogP contribution in [0.15, 0.2) is 5.38 Å². The van der Waals surface area contributed by atoms with Gasteiger partial charge in [-0.25, -0.2) is 4.98 Å². The van der Waals surface area contributed by atoms with Crippen molar-refractivity contribution in [2.75, 3.05) is 18.5 Å². The predicted octanol–water partition coefficient (Wildman–Crippen LogP) is 2.63. The molecule has 1 aliphatic rings. The summed E-state index contributed by atoms with van der Waals surface area (Å²) in [6.07, 6.45) is 1.04. The molecule has 1 N–H and O–H groups in total. The van der Waals surface area contributed by atoms with E-state index in [1.165, 1.54) is 0 Å². The van der Waals surface area contributed by atoms with Crippen LogP contribution in [-0.2, 0) is 4.74 Å². The van der Waals surface area contributed by atoms with Gasteiger partial charge in [-0.05, 0) is 12.3 Å². The molecule has 0 radical (unpaired) electrons. The molecule has 0 saturated carbocycles. The van der Waals surface area contributed by atoms with Crippen molar-refractivity contribution in [3.05, 3.63) is 10.5 Å². The standard InChI is InChI=1S/C9H13ClN2OS/c1-6-4-13-3-2-7(6)11-9-12-8(10)5-14-9/h5-7H,2-4H2,1H3,(H,11,12). The lowest BCUT2D eigenvalue weighted by molar-refractivity contribution is 0.0537. The first-order chi connectivity index (χ1) is 6.75. The average Bonchev–Trinajstić information content (AvgIpc) is 2.56. The van der Waals surface area contributed by atoms with Crippen LogP contribution in [0.5, 0.6) is 0 Å². The van der Waals surface area contributed by atoms with Crippen molar-refractivity contribution in [1.29, 1.82) is 0 Å². The molecule has 0 bridgehead atoms. The van der Waals surface area contributed by atoms with Gasteiger partial charge >= 0.3 is 0 Å². The normalized spacial score (nSPS) is 27.6. The van der Waals surface area contributed by atoms with Crippen LogP contribution in [0.1, 0.15) is 13.3 Å². The van der Waals surface area contributed by atoms with Crippen LogP contribution in [0, 0.1) is 5.92 Å². The Bertz CT molecular complexity index is 305. The van der Waals surface area contributed by atoms with Crippen molar-refractivity contribution in [2.45, 2.75) is 19.4 Å². The fraction of sp³-hybridized carbons (Fsp3) is 0.667. The fourth-order valence-corrected chi connectivity index (χ4v) is 2.47. The monoisotopic (exact) mass is 232 g/mol. The van der Waals surface area contributed by atoms with Gasteiger partial charge in [0.2, 0.25) is 0 Å². The van der Waals surface area contributed by atoms with Gasteiger partial charge in [0.15, 0.2) is 5.13 Å². The number of aromatic nitrogens is 1. The molecule has 78 valence electrons. The van der Waals surface area contributed by atoms with E-state index in [4.69, 9.17) is 16.3 Å². The molecule has 0 aliphatic carbocycles. The highest BCUT2D eigenvalue weighted by molar-refractivity contribution is 7.14. The Balaban J connectivity index is 1.95. The number of rotatable bonds is 2. The first kappa shape index (κ1) is 10.2. The maximum atomic E-state index is 5.75. The Kier molecular flexibility index (Phi) is 3.26. The summed E-state index contributed by atoms with van der Waals surface area (Å²) in [4.78, 5) is 4.17. The van der Waals surface area contributed by atoms with E-state index in [0.29, 0.717) is 17.1 Å². The quantitative estimate of drug-likeness (QED) is 0.851. The zero-order valence-corrected chi connectivity index (χ0v) is 9.57. The van der Waals surface area contributed by atoms with Crippen molar-refractivity contribution in [3.63, 3.8) is 0 Å². The number of thiazole rings is 1. The predicted molar refractivity (Wildman–Crippen MR) is 59.1 cm³/mol. The minimum Gasteiger partial charge on any atom is -0.381 e. The van der Waals surface area contributed by atoms with Crippen molar-refractivity contribution < 1.29 is 4.74 Å². The third-order valence-electron chi connectivity index (χ3n) is 2.43. The highest BCUT2D eigenvalue weighted by atomic mass is 35.5. The molecule has 1 aromatic rings. The van der Waals surface area contributed by atoms with E-state index in [0.717, 1.165) is 24.8 Å². The summed E-state index contributed by atoms with van der Waals surface area (Å²) < 4.78 is 5.37. The van der Waals surface area contributed by atoms with Crippen molar-refractivity contribution in [3.8, 4) is 0 Å². The molecule has 2 atom stereocenters. The molecule has 1 aliphatic heterocycles. The van der Waals surface area contributed by atoms with Crippen LogP contribution in [0.3, 0.4) is 0 Å². The second-order valence-corrected chi connectivity index (χ2v) is 4.81. The SMILES string of the molecule is CC1COCCC1Nc1nc(Cl)cs1. The highest BCUT2D eigenvalue weighted by Gasteiger charge is 2.22. The molecule has 2 heterocycles. The van der Waals surface area contributed by atoms with Gasteiger partial charge in [0.05, 0.1) is 6.61 Å². The Morgan fingerprint density at radius 2 is 2.57 bits per heavy atom. The summed E-state index contributed by atoms with van der Waals surface area (Å²) in [5, 5.41) is 6.71. The summed E-state index contributed by atoms with van der Waals surface area (Å²) in [6.45, 7) is 3.85. The Labute approximate surface area is 92.4 Å². The summed E-state index contributed by atoms with van der Waals surface area (Å²) in [5.74, 6) is 0.534. The zero-order valence-electron chi connectivity index (χ0n) is 8.00. The maximum absolute atomic E-state index is 5.75. The Morgan fingerprint density at radius 1 is 1.71 bits per heavy atom. The van der Waals surface area contributed by atoms with Gasteiger partial charge in [-0.15, -0.1) is 11.3 Å². The first-order valence-electron chi connectivity index (χ1n) is 4.71. The van der Waals surface area contributed by atoms with Crippen LogP contribution >= 0.6 is 22.9 Å². The van der Waals surface area contributed by atoms with Crippen molar-refractivity contribution in [1.82, 2.24) is 4.98 Å². The molecule has 1 fully saturated rings. The van der Waals surface area contributed by atoms with Crippen LogP contribution < -0.4 is 5.32 Å². The fourth-order valence-electron chi connectivity index (χ4n) is 1.57. The van der Waals surface area contributed by atoms with Crippen molar-refractivity contribution in [2.24, 2.45) is 5.92 Å². The van der Waals surface area contributed by atoms with E-state index >= 15 is 0 Å². The van der Waals surface area contributed by atoms with Gasteiger partial charge < -0.3 is 10.1 Å². The second kappa shape index (κ2) is 4.47. The first-order valence-corrected chi connectivity index (χ1v) is 5.97. The van der Waals surface area contributed by atoms with Crippen molar-refractivity contribution >= 4 is 28.1 Å². The summed E-state index contributed by atoms with van der Waals surface area (Å²) in [5.41, 5.74) is 0. The number of nitrogens with zero attached hydrogens (tertiary/aromatic N) is 1. The molecule has 2 rings (SSSR count). The van der Waals surface area contributed by atoms with Gasteiger partial charge in [0, 0.05) is 18.0 Å². The Morgan fingerprint density at radius 3 is 3.21 bits per heavy atom. The number of anilines is 1. The van der Waals surface area contributed by atoms with E-state index in [1.54, 1.807) is 11.3 Å². The van der Waals surface area contributed by atoms with Crippen LogP contribution in [0.2, 0.25) is 5.15 Å². The lowest BCUT2D eigenvalue weighted by Crippen LogP contribution is -2.35. The van der Waals surface area contributed by atoms with Gasteiger partial charge in [0.1, 0.15) is 5.15 Å². The second-order valence-electron chi connectivity index (χ2n) is 3.57. The molecule has 0 spiro atoms. The molecule has 0 aromatic carbocycles. The third kappa shape index (κ3) is 2.38. The van der Waals surface area contributed by atoms with Crippen LogP contribution in [0.4, 0.5) is 5.13 Å². The maximum Gasteiger partial charge on any atom is 0.184 e. The largest absolute Gasteiger partial charge is 0.381 e. The molecule has 1 aromatic heterocycles. The molecular formula is C9H13ClN2OS. The van der Waals surface area contributed by atoms with E-state index in [-0.39, 0.29) is 0 Å². The molecule has 1 saturated heterocycles. The number of hydrogen-bond donors (Lipinski definition) is 1. The van der Waals surface area contributed by atoms with Crippen LogP contribution in [-0.4, -0.2) is 24.2 Å². The zero-order chi connectivity index (χ0) is 9.97. The summed E-state index contributed by atoms with van der Waals surface area (Å²) in [6, 6.07) is 0.464. The van der Waals surface area contributed by atoms with Gasteiger partial charge in [-0.2, -0.15) is 0 Å². The van der Waals surface area contributed by atoms with Gasteiger partial charge in [-0.1, -0.05) is 18.5 Å². The lowest BCUT2D eigenvalue weighted by Gasteiger charge is -2.29. The topological polar surface area (TPSA) is 34.1 Å². The lowest BCUT2D eigenvalue weighted by atomic mass is 9.98. The molecule has 2 unspecified atom stereocenters. The number of halogens is 1. The molecule has 14 heavy (non-hydrogen) atoms. The van der Waals surface area contributed by atoms with E-state index in [9.17, 15) is 0 Å². The Hall–Kier alpha value is -0.320. The highest BCUT2D eigenvalue weighted by Crippen LogP contribution is 2.23. The molecule has 0 amide bonds. The van der Waals surface area contributed by atoms with E-state index in [1.807, 2.05) is 5.38 Å². The van der Waals surface area contributed by atoms with Gasteiger partial charge in [-0.3, -0.25) is 0 Å². The van der Waals surface area contributed by atoms with Gasteiger partial charge in [0.25, 0.3) is 0 Å². The minimum absolute atomic E-state index is 0.464. The smallest absolute Gasteiger partial charge is 0.184 e. The summed E-state index contributed by atoms with van der Waals surface area (Å²) in [7, 11) is 0. The van der Waals surface area contributed by atoms with E-state index in [2.05, 4.69) is 17.2 Å². The number of ether oxygens (including phenoxy) is 1. The molecule has 3 nitrogen and oxygen atoms in total. The van der Waals surface area contributed by atoms with E-state index < -0.39 is 0 Å². The number of hydrogen-bond acceptors (Lipinski definition) is 4. The number of nitrogens with one attached hydrogen (secondary N) is 1. The molecule has 5 heteroatoms. The molecular weight excluding hydrogens is 220 g/mol. The van der Waals surface area contributed by atoms with Crippen LogP contribution in [0.25, 0.3) is 0 Å². The third-order valence-corrected chi connectivity index (χ3v) is 3.52. The minimum atomic E-state index is 0.464. The average molecular weight is 233 g/mol. The summed E-state index contributed by atoms with van der Waals surface area (Å²) >= 11 is 7.30.